The number of H-pyrrole nitrogens is 1. The van der Waals surface area contributed by atoms with Crippen LogP contribution in [-0.4, -0.2) is 38.2 Å². The van der Waals surface area contributed by atoms with Gasteiger partial charge in [-0.25, -0.2) is 4.79 Å². The van der Waals surface area contributed by atoms with E-state index in [9.17, 15) is 14.0 Å². The van der Waals surface area contributed by atoms with Gasteiger partial charge in [0.25, 0.3) is 5.56 Å². The number of aromatic amines is 1. The summed E-state index contributed by atoms with van der Waals surface area (Å²) in [6.45, 7) is -0.220. The SMILES string of the molecule is O=c1[nH]c(=O)n([C@H]2C[C@H](CO)[C@@H](CO)S2)cc1F. The zero-order valence-electron chi connectivity index (χ0n) is 9.38. The first-order valence-electron chi connectivity index (χ1n) is 5.45. The lowest BCUT2D eigenvalue weighted by Crippen LogP contribution is -2.32. The maximum absolute atomic E-state index is 13.2. The van der Waals surface area contributed by atoms with Gasteiger partial charge in [-0.15, -0.1) is 11.8 Å². The number of halogens is 1. The fourth-order valence-electron chi connectivity index (χ4n) is 2.02. The van der Waals surface area contributed by atoms with Gasteiger partial charge < -0.3 is 10.2 Å². The summed E-state index contributed by atoms with van der Waals surface area (Å²) in [5, 5.41) is 17.7. The predicted molar refractivity (Wildman–Crippen MR) is 64.0 cm³/mol. The third kappa shape index (κ3) is 2.36. The van der Waals surface area contributed by atoms with Crippen molar-refractivity contribution in [2.45, 2.75) is 17.0 Å². The van der Waals surface area contributed by atoms with Gasteiger partial charge in [0.2, 0.25) is 5.82 Å². The van der Waals surface area contributed by atoms with E-state index in [4.69, 9.17) is 10.2 Å². The van der Waals surface area contributed by atoms with Crippen LogP contribution < -0.4 is 11.2 Å². The molecule has 0 bridgehead atoms. The Hall–Kier alpha value is -1.12. The standard InChI is InChI=1S/C10H13FN2O4S/c11-6-2-13(10(17)12-9(6)16)8-1-5(3-14)7(4-15)18-8/h2,5,7-8,14-15H,1,3-4H2,(H,12,16,17)/t5-,7-,8-/m1/s1. The quantitative estimate of drug-likeness (QED) is 0.677. The van der Waals surface area contributed by atoms with Gasteiger partial charge in [0.1, 0.15) is 0 Å². The van der Waals surface area contributed by atoms with Crippen LogP contribution in [0.15, 0.2) is 15.8 Å². The minimum atomic E-state index is -1.04. The molecule has 100 valence electrons. The van der Waals surface area contributed by atoms with Crippen LogP contribution in [0, 0.1) is 11.7 Å². The molecule has 1 fully saturated rings. The van der Waals surface area contributed by atoms with Gasteiger partial charge >= 0.3 is 5.69 Å². The van der Waals surface area contributed by atoms with E-state index >= 15 is 0 Å². The topological polar surface area (TPSA) is 95.3 Å². The number of hydrogen-bond donors (Lipinski definition) is 3. The smallest absolute Gasteiger partial charge is 0.329 e. The van der Waals surface area contributed by atoms with Crippen LogP contribution in [0.4, 0.5) is 4.39 Å². The Morgan fingerprint density at radius 1 is 1.44 bits per heavy atom. The second-order valence-electron chi connectivity index (χ2n) is 4.13. The zero-order valence-corrected chi connectivity index (χ0v) is 10.2. The molecule has 3 atom stereocenters. The molecule has 18 heavy (non-hydrogen) atoms. The summed E-state index contributed by atoms with van der Waals surface area (Å²) >= 11 is 1.29. The van der Waals surface area contributed by atoms with Crippen molar-refractivity contribution in [3.63, 3.8) is 0 Å². The lowest BCUT2D eigenvalue weighted by atomic mass is 10.0. The number of aliphatic hydroxyl groups is 2. The van der Waals surface area contributed by atoms with Gasteiger partial charge in [0.15, 0.2) is 0 Å². The molecular weight excluding hydrogens is 263 g/mol. The van der Waals surface area contributed by atoms with E-state index in [-0.39, 0.29) is 24.4 Å². The average molecular weight is 276 g/mol. The Labute approximate surface area is 105 Å². The summed E-state index contributed by atoms with van der Waals surface area (Å²) in [5.74, 6) is -1.17. The van der Waals surface area contributed by atoms with Crippen LogP contribution in [0.5, 0.6) is 0 Å². The van der Waals surface area contributed by atoms with Crippen molar-refractivity contribution in [3.8, 4) is 0 Å². The number of hydrogen-bond acceptors (Lipinski definition) is 5. The molecule has 0 unspecified atom stereocenters. The van der Waals surface area contributed by atoms with Crippen LogP contribution in [-0.2, 0) is 0 Å². The molecule has 1 aliphatic rings. The Bertz CT molecular complexity index is 531. The van der Waals surface area contributed by atoms with Crippen molar-refractivity contribution >= 4 is 11.8 Å². The number of rotatable bonds is 3. The molecule has 1 aliphatic heterocycles. The molecule has 0 radical (unpaired) electrons. The van der Waals surface area contributed by atoms with E-state index in [1.54, 1.807) is 0 Å². The molecule has 2 rings (SSSR count). The van der Waals surface area contributed by atoms with Gasteiger partial charge in [0.05, 0.1) is 18.2 Å². The highest BCUT2D eigenvalue weighted by Crippen LogP contribution is 2.44. The molecule has 0 aromatic carbocycles. The van der Waals surface area contributed by atoms with Crippen molar-refractivity contribution < 1.29 is 14.6 Å². The largest absolute Gasteiger partial charge is 0.396 e. The Morgan fingerprint density at radius 2 is 2.17 bits per heavy atom. The van der Waals surface area contributed by atoms with E-state index in [1.165, 1.54) is 11.8 Å². The third-order valence-corrected chi connectivity index (χ3v) is 4.63. The Morgan fingerprint density at radius 3 is 2.72 bits per heavy atom. The molecule has 2 heterocycles. The van der Waals surface area contributed by atoms with Crippen molar-refractivity contribution in [2.24, 2.45) is 5.92 Å². The zero-order chi connectivity index (χ0) is 13.3. The van der Waals surface area contributed by atoms with Gasteiger partial charge in [-0.2, -0.15) is 4.39 Å². The van der Waals surface area contributed by atoms with Gasteiger partial charge in [-0.3, -0.25) is 14.3 Å². The third-order valence-electron chi connectivity index (χ3n) is 3.01. The highest BCUT2D eigenvalue weighted by Gasteiger charge is 2.35. The summed E-state index contributed by atoms with van der Waals surface area (Å²) in [6.07, 6.45) is 1.31. The minimum absolute atomic E-state index is 0.102. The number of thioether (sulfide) groups is 1. The van der Waals surface area contributed by atoms with E-state index in [0.717, 1.165) is 10.8 Å². The lowest BCUT2D eigenvalue weighted by molar-refractivity contribution is 0.187. The number of nitrogens with zero attached hydrogens (tertiary/aromatic N) is 1. The Kier molecular flexibility index (Phi) is 3.88. The van der Waals surface area contributed by atoms with E-state index in [0.29, 0.717) is 6.42 Å². The van der Waals surface area contributed by atoms with Crippen molar-refractivity contribution in [2.75, 3.05) is 13.2 Å². The summed E-state index contributed by atoms with van der Waals surface area (Å²) in [6, 6.07) is 0. The van der Waals surface area contributed by atoms with Crippen molar-refractivity contribution in [1.29, 1.82) is 0 Å². The number of aromatic nitrogens is 2. The first kappa shape index (κ1) is 13.3. The van der Waals surface area contributed by atoms with E-state index in [1.807, 2.05) is 4.98 Å². The predicted octanol–water partition coefficient (Wildman–Crippen LogP) is -0.719. The maximum Gasteiger partial charge on any atom is 0.329 e. The fourth-order valence-corrected chi connectivity index (χ4v) is 3.57. The van der Waals surface area contributed by atoms with Gasteiger partial charge in [0, 0.05) is 11.9 Å². The fraction of sp³-hybridized carbons (Fsp3) is 0.600. The molecule has 0 spiro atoms. The molecule has 0 saturated carbocycles. The van der Waals surface area contributed by atoms with Crippen LogP contribution in [0.1, 0.15) is 11.8 Å². The number of aliphatic hydroxyl groups excluding tert-OH is 2. The van der Waals surface area contributed by atoms with Crippen LogP contribution in [0.25, 0.3) is 0 Å². The summed E-state index contributed by atoms with van der Waals surface area (Å²) in [7, 11) is 0. The second kappa shape index (κ2) is 5.25. The highest BCUT2D eigenvalue weighted by atomic mass is 32.2. The lowest BCUT2D eigenvalue weighted by Gasteiger charge is -2.12. The molecule has 0 amide bonds. The highest BCUT2D eigenvalue weighted by molar-refractivity contribution is 8.00. The Balaban J connectivity index is 2.31. The van der Waals surface area contributed by atoms with E-state index in [2.05, 4.69) is 0 Å². The average Bonchev–Trinajstić information content (AvgIpc) is 2.76. The summed E-state index contributed by atoms with van der Waals surface area (Å²) < 4.78 is 14.3. The normalized spacial score (nSPS) is 27.6. The molecule has 1 aromatic heterocycles. The van der Waals surface area contributed by atoms with Crippen molar-refractivity contribution in [1.82, 2.24) is 9.55 Å². The summed E-state index contributed by atoms with van der Waals surface area (Å²) in [5.41, 5.74) is -1.73. The molecule has 1 aromatic rings. The molecular formula is C10H13FN2O4S. The molecule has 8 heteroatoms. The maximum atomic E-state index is 13.2. The first-order chi connectivity index (χ1) is 8.56. The van der Waals surface area contributed by atoms with Gasteiger partial charge in [-0.05, 0) is 12.3 Å². The van der Waals surface area contributed by atoms with Gasteiger partial charge in [-0.1, -0.05) is 0 Å². The summed E-state index contributed by atoms with van der Waals surface area (Å²) in [4.78, 5) is 24.4. The van der Waals surface area contributed by atoms with Crippen LogP contribution in [0.3, 0.4) is 0 Å². The molecule has 1 saturated heterocycles. The minimum Gasteiger partial charge on any atom is -0.396 e. The van der Waals surface area contributed by atoms with Crippen molar-refractivity contribution in [3.05, 3.63) is 32.9 Å². The second-order valence-corrected chi connectivity index (χ2v) is 5.56. The number of nitrogens with one attached hydrogen (secondary N) is 1. The molecule has 0 aliphatic carbocycles. The first-order valence-corrected chi connectivity index (χ1v) is 6.39. The van der Waals surface area contributed by atoms with Crippen LogP contribution >= 0.6 is 11.8 Å². The monoisotopic (exact) mass is 276 g/mol. The molecule has 6 nitrogen and oxygen atoms in total. The van der Waals surface area contributed by atoms with Crippen LogP contribution in [0.2, 0.25) is 0 Å². The van der Waals surface area contributed by atoms with E-state index < -0.39 is 22.4 Å². The molecule has 3 N–H and O–H groups in total.